The largest absolute Gasteiger partial charge is 0.469 e. The molecule has 0 atom stereocenters. The molecule has 1 saturated heterocycles. The van der Waals surface area contributed by atoms with Gasteiger partial charge in [-0.05, 0) is 26.7 Å². The molecule has 10 nitrogen and oxygen atoms in total. The number of methoxy groups -OCH3 is 1. The summed E-state index contributed by atoms with van der Waals surface area (Å²) in [6.45, 7) is 4.58. The topological polar surface area (TPSA) is 120 Å². The fraction of sp³-hybridized carbons (Fsp3) is 0.556. The normalized spacial score (nSPS) is 14.9. The summed E-state index contributed by atoms with van der Waals surface area (Å²) in [5.41, 5.74) is -0.120. The molecule has 0 aromatic carbocycles. The Morgan fingerprint density at radius 1 is 1.29 bits per heavy atom. The molecule has 2 aromatic rings. The van der Waals surface area contributed by atoms with E-state index in [1.807, 2.05) is 0 Å². The van der Waals surface area contributed by atoms with Gasteiger partial charge in [0.15, 0.2) is 5.82 Å². The standard InChI is InChI=1S/C18H23N5O5/c1-11-20-16(28-21-11)14-10-19-12(2)23(17(14)25)9-6-15(24)22-7-4-13(5-8-22)18(26)27-3/h10,13H,4-9H2,1-3H3. The minimum atomic E-state index is -0.326. The van der Waals surface area contributed by atoms with Crippen LogP contribution >= 0.6 is 0 Å². The number of carbonyl (C=O) groups excluding carboxylic acids is 2. The maximum absolute atomic E-state index is 12.8. The number of hydrogen-bond acceptors (Lipinski definition) is 8. The Hall–Kier alpha value is -3.04. The second kappa shape index (κ2) is 8.32. The van der Waals surface area contributed by atoms with E-state index in [0.29, 0.717) is 37.6 Å². The zero-order chi connectivity index (χ0) is 20.3. The van der Waals surface area contributed by atoms with Crippen LogP contribution in [0.5, 0.6) is 0 Å². The van der Waals surface area contributed by atoms with Crippen LogP contribution in [-0.2, 0) is 20.9 Å². The number of ether oxygens (including phenoxy) is 1. The summed E-state index contributed by atoms with van der Waals surface area (Å²) in [5, 5.41) is 3.69. The highest BCUT2D eigenvalue weighted by molar-refractivity contribution is 5.77. The molecule has 3 rings (SSSR count). The highest BCUT2D eigenvalue weighted by Crippen LogP contribution is 2.19. The second-order valence-electron chi connectivity index (χ2n) is 6.75. The number of aryl methyl sites for hydroxylation is 2. The maximum Gasteiger partial charge on any atom is 0.308 e. The van der Waals surface area contributed by atoms with E-state index < -0.39 is 0 Å². The summed E-state index contributed by atoms with van der Waals surface area (Å²) in [7, 11) is 1.37. The number of hydrogen-bond donors (Lipinski definition) is 0. The molecule has 3 heterocycles. The average Bonchev–Trinajstić information content (AvgIpc) is 3.13. The van der Waals surface area contributed by atoms with E-state index in [1.165, 1.54) is 17.9 Å². The molecule has 0 saturated carbocycles. The zero-order valence-electron chi connectivity index (χ0n) is 16.2. The van der Waals surface area contributed by atoms with Crippen LogP contribution in [0.1, 0.15) is 30.9 Å². The van der Waals surface area contributed by atoms with Gasteiger partial charge in [0.05, 0.1) is 13.0 Å². The highest BCUT2D eigenvalue weighted by atomic mass is 16.5. The molecule has 0 bridgehead atoms. The van der Waals surface area contributed by atoms with Crippen LogP contribution < -0.4 is 5.56 Å². The van der Waals surface area contributed by atoms with Crippen molar-refractivity contribution < 1.29 is 18.8 Å². The number of esters is 1. The summed E-state index contributed by atoms with van der Waals surface area (Å²) >= 11 is 0. The van der Waals surface area contributed by atoms with E-state index >= 15 is 0 Å². The number of nitrogens with zero attached hydrogens (tertiary/aromatic N) is 5. The number of amides is 1. The number of carbonyl (C=O) groups is 2. The summed E-state index contributed by atoms with van der Waals surface area (Å²) in [6.07, 6.45) is 2.74. The van der Waals surface area contributed by atoms with Crippen LogP contribution in [0.4, 0.5) is 0 Å². The van der Waals surface area contributed by atoms with Gasteiger partial charge in [0.1, 0.15) is 11.4 Å². The van der Waals surface area contributed by atoms with Crippen LogP contribution in [0, 0.1) is 19.8 Å². The molecule has 2 aromatic heterocycles. The van der Waals surface area contributed by atoms with Crippen LogP contribution in [0.2, 0.25) is 0 Å². The predicted octanol–water partition coefficient (Wildman–Crippen LogP) is 0.712. The fourth-order valence-corrected chi connectivity index (χ4v) is 3.29. The third-order valence-corrected chi connectivity index (χ3v) is 4.94. The number of likely N-dealkylation sites (tertiary alicyclic amines) is 1. The summed E-state index contributed by atoms with van der Waals surface area (Å²) in [5.74, 6) is 0.592. The fourth-order valence-electron chi connectivity index (χ4n) is 3.29. The van der Waals surface area contributed by atoms with E-state index in [1.54, 1.807) is 18.7 Å². The number of piperidine rings is 1. The van der Waals surface area contributed by atoms with E-state index in [9.17, 15) is 14.4 Å². The first-order valence-electron chi connectivity index (χ1n) is 9.13. The van der Waals surface area contributed by atoms with Crippen molar-refractivity contribution in [1.29, 1.82) is 0 Å². The Morgan fingerprint density at radius 2 is 2.00 bits per heavy atom. The summed E-state index contributed by atoms with van der Waals surface area (Å²) in [6, 6.07) is 0. The Labute approximate surface area is 161 Å². The zero-order valence-corrected chi connectivity index (χ0v) is 16.2. The van der Waals surface area contributed by atoms with Gasteiger partial charge in [0.2, 0.25) is 5.91 Å². The van der Waals surface area contributed by atoms with E-state index in [-0.39, 0.29) is 47.8 Å². The van der Waals surface area contributed by atoms with E-state index in [4.69, 9.17) is 9.26 Å². The number of aromatic nitrogens is 4. The van der Waals surface area contributed by atoms with Crippen LogP contribution in [0.25, 0.3) is 11.5 Å². The van der Waals surface area contributed by atoms with E-state index in [0.717, 1.165) is 0 Å². The minimum Gasteiger partial charge on any atom is -0.469 e. The summed E-state index contributed by atoms with van der Waals surface area (Å²) < 4.78 is 11.3. The van der Waals surface area contributed by atoms with Crippen molar-refractivity contribution in [1.82, 2.24) is 24.6 Å². The number of rotatable bonds is 5. The molecular formula is C18H23N5O5. The van der Waals surface area contributed by atoms with Crippen molar-refractivity contribution in [3.05, 3.63) is 28.2 Å². The SMILES string of the molecule is COC(=O)C1CCN(C(=O)CCn2c(C)ncc(-c3nc(C)no3)c2=O)CC1. The first kappa shape index (κ1) is 19.7. The lowest BCUT2D eigenvalue weighted by Gasteiger charge is -2.30. The lowest BCUT2D eigenvalue weighted by Crippen LogP contribution is -2.41. The van der Waals surface area contributed by atoms with Crippen molar-refractivity contribution >= 4 is 11.9 Å². The lowest BCUT2D eigenvalue weighted by atomic mass is 9.97. The maximum atomic E-state index is 12.8. The summed E-state index contributed by atoms with van der Waals surface area (Å²) in [4.78, 5) is 46.9. The van der Waals surface area contributed by atoms with Gasteiger partial charge in [-0.2, -0.15) is 4.98 Å². The van der Waals surface area contributed by atoms with Gasteiger partial charge in [0.25, 0.3) is 11.4 Å². The van der Waals surface area contributed by atoms with Crippen molar-refractivity contribution in [3.63, 3.8) is 0 Å². The van der Waals surface area contributed by atoms with Crippen molar-refractivity contribution in [2.24, 2.45) is 5.92 Å². The van der Waals surface area contributed by atoms with Crippen LogP contribution in [-0.4, -0.2) is 56.7 Å². The van der Waals surface area contributed by atoms with Gasteiger partial charge in [0, 0.05) is 32.3 Å². The molecule has 1 fully saturated rings. The molecule has 1 aliphatic rings. The molecule has 28 heavy (non-hydrogen) atoms. The first-order valence-corrected chi connectivity index (χ1v) is 9.13. The molecule has 1 amide bonds. The van der Waals surface area contributed by atoms with Gasteiger partial charge in [-0.25, -0.2) is 4.98 Å². The van der Waals surface area contributed by atoms with Crippen molar-refractivity contribution in [2.45, 2.75) is 39.7 Å². The van der Waals surface area contributed by atoms with Crippen molar-refractivity contribution in [2.75, 3.05) is 20.2 Å². The van der Waals surface area contributed by atoms with Gasteiger partial charge < -0.3 is 14.2 Å². The molecule has 0 aliphatic carbocycles. The highest BCUT2D eigenvalue weighted by Gasteiger charge is 2.27. The molecule has 0 spiro atoms. The lowest BCUT2D eigenvalue weighted by molar-refractivity contribution is -0.148. The average molecular weight is 389 g/mol. The third-order valence-electron chi connectivity index (χ3n) is 4.94. The van der Waals surface area contributed by atoms with Crippen molar-refractivity contribution in [3.8, 4) is 11.5 Å². The molecule has 10 heteroatoms. The van der Waals surface area contributed by atoms with Crippen LogP contribution in [0.15, 0.2) is 15.5 Å². The monoisotopic (exact) mass is 389 g/mol. The molecule has 150 valence electrons. The Balaban J connectivity index is 1.65. The van der Waals surface area contributed by atoms with Gasteiger partial charge in [-0.1, -0.05) is 5.16 Å². The Morgan fingerprint density at radius 3 is 2.61 bits per heavy atom. The smallest absolute Gasteiger partial charge is 0.308 e. The minimum absolute atomic E-state index is 0.0614. The predicted molar refractivity (Wildman–Crippen MR) is 97.2 cm³/mol. The molecule has 1 aliphatic heterocycles. The first-order chi connectivity index (χ1) is 13.4. The Kier molecular flexibility index (Phi) is 5.86. The molecule has 0 N–H and O–H groups in total. The second-order valence-corrected chi connectivity index (χ2v) is 6.75. The quantitative estimate of drug-likeness (QED) is 0.686. The van der Waals surface area contributed by atoms with Gasteiger partial charge in [-0.15, -0.1) is 0 Å². The van der Waals surface area contributed by atoms with E-state index in [2.05, 4.69) is 15.1 Å². The van der Waals surface area contributed by atoms with Gasteiger partial charge in [-0.3, -0.25) is 19.0 Å². The van der Waals surface area contributed by atoms with Crippen LogP contribution in [0.3, 0.4) is 0 Å². The third kappa shape index (κ3) is 4.10. The molecule has 0 unspecified atom stereocenters. The molecule has 0 radical (unpaired) electrons. The Bertz CT molecular complexity index is 927. The molecular weight excluding hydrogens is 366 g/mol. The van der Waals surface area contributed by atoms with Gasteiger partial charge >= 0.3 is 5.97 Å².